The maximum Gasteiger partial charge on any atom is 0.247 e. The Kier molecular flexibility index (Phi) is 6.37. The van der Waals surface area contributed by atoms with Crippen molar-refractivity contribution >= 4 is 23.6 Å². The fraction of sp³-hybridized carbons (Fsp3) is 0.571. The molecule has 0 saturated heterocycles. The molecule has 2 aliphatic rings. The van der Waals surface area contributed by atoms with Gasteiger partial charge in [0.05, 0.1) is 0 Å². The minimum atomic E-state index is 0.189. The van der Waals surface area contributed by atoms with E-state index in [1.54, 1.807) is 6.08 Å². The van der Waals surface area contributed by atoms with Gasteiger partial charge in [0, 0.05) is 23.2 Å². The van der Waals surface area contributed by atoms with E-state index in [-0.39, 0.29) is 5.91 Å². The van der Waals surface area contributed by atoms with E-state index in [0.29, 0.717) is 17.1 Å². The first-order valence-corrected chi connectivity index (χ1v) is 9.88. The molecule has 3 rings (SSSR count). The Labute approximate surface area is 150 Å². The van der Waals surface area contributed by atoms with Crippen LogP contribution in [0.15, 0.2) is 30.3 Å². The normalized spacial score (nSPS) is 20.4. The first-order chi connectivity index (χ1) is 11.7. The molecule has 1 aromatic rings. The lowest BCUT2D eigenvalue weighted by Gasteiger charge is -2.41. The van der Waals surface area contributed by atoms with Crippen LogP contribution in [0.3, 0.4) is 0 Å². The molecule has 0 atom stereocenters. The Morgan fingerprint density at radius 2 is 1.54 bits per heavy atom. The monoisotopic (exact) mass is 345 g/mol. The number of amides is 1. The summed E-state index contributed by atoms with van der Waals surface area (Å²) in [6.07, 6.45) is 16.1. The van der Waals surface area contributed by atoms with Crippen molar-refractivity contribution in [3.8, 4) is 0 Å². The molecule has 2 aliphatic carbocycles. The van der Waals surface area contributed by atoms with Crippen LogP contribution < -0.4 is 0 Å². The Morgan fingerprint density at radius 1 is 0.958 bits per heavy atom. The number of carbonyl (C=O) groups excluding carboxylic acids is 1. The number of rotatable bonds is 4. The van der Waals surface area contributed by atoms with Crippen molar-refractivity contribution in [1.82, 2.24) is 4.90 Å². The molecule has 2 nitrogen and oxygen atoms in total. The molecule has 0 radical (unpaired) electrons. The standard InChI is InChI=1S/C21H28ClNO/c22-18-9-7-8-17(16-18)14-15-21(24)23(19-10-3-1-4-11-19)20-12-5-2-6-13-20/h7-9,14-16,19-20H,1-6,10-13H2. The summed E-state index contributed by atoms with van der Waals surface area (Å²) in [4.78, 5) is 15.2. The van der Waals surface area contributed by atoms with Gasteiger partial charge in [-0.05, 0) is 49.5 Å². The molecule has 0 N–H and O–H groups in total. The lowest BCUT2D eigenvalue weighted by atomic mass is 9.88. The van der Waals surface area contributed by atoms with Crippen LogP contribution in [-0.2, 0) is 4.79 Å². The Hall–Kier alpha value is -1.28. The molecule has 0 bridgehead atoms. The van der Waals surface area contributed by atoms with Gasteiger partial charge in [0.25, 0.3) is 0 Å². The van der Waals surface area contributed by atoms with E-state index in [0.717, 1.165) is 5.56 Å². The first-order valence-electron chi connectivity index (χ1n) is 9.50. The highest BCUT2D eigenvalue weighted by molar-refractivity contribution is 6.30. The number of hydrogen-bond acceptors (Lipinski definition) is 1. The van der Waals surface area contributed by atoms with Crippen molar-refractivity contribution < 1.29 is 4.79 Å². The molecule has 0 heterocycles. The summed E-state index contributed by atoms with van der Waals surface area (Å²) in [5.41, 5.74) is 0.989. The second-order valence-electron chi connectivity index (χ2n) is 7.22. The number of halogens is 1. The third-order valence-electron chi connectivity index (χ3n) is 5.46. The van der Waals surface area contributed by atoms with E-state index < -0.39 is 0 Å². The van der Waals surface area contributed by atoms with Gasteiger partial charge in [-0.3, -0.25) is 4.79 Å². The zero-order valence-electron chi connectivity index (χ0n) is 14.4. The third kappa shape index (κ3) is 4.63. The average Bonchev–Trinajstić information content (AvgIpc) is 2.62. The largest absolute Gasteiger partial charge is 0.333 e. The maximum atomic E-state index is 13.0. The minimum absolute atomic E-state index is 0.189. The smallest absolute Gasteiger partial charge is 0.247 e. The van der Waals surface area contributed by atoms with Crippen molar-refractivity contribution in [2.24, 2.45) is 0 Å². The second-order valence-corrected chi connectivity index (χ2v) is 7.65. The summed E-state index contributed by atoms with van der Waals surface area (Å²) in [6.45, 7) is 0. The quantitative estimate of drug-likeness (QED) is 0.627. The average molecular weight is 346 g/mol. The third-order valence-corrected chi connectivity index (χ3v) is 5.69. The number of nitrogens with zero attached hydrogens (tertiary/aromatic N) is 1. The summed E-state index contributed by atoms with van der Waals surface area (Å²) in [5.74, 6) is 0.189. The van der Waals surface area contributed by atoms with Gasteiger partial charge in [0.2, 0.25) is 5.91 Å². The van der Waals surface area contributed by atoms with E-state index in [1.807, 2.05) is 30.3 Å². The molecule has 0 aliphatic heterocycles. The van der Waals surface area contributed by atoms with Crippen molar-refractivity contribution in [2.75, 3.05) is 0 Å². The highest BCUT2D eigenvalue weighted by Crippen LogP contribution is 2.30. The highest BCUT2D eigenvalue weighted by Gasteiger charge is 2.31. The predicted molar refractivity (Wildman–Crippen MR) is 101 cm³/mol. The van der Waals surface area contributed by atoms with Crippen LogP contribution in [0.5, 0.6) is 0 Å². The van der Waals surface area contributed by atoms with Crippen LogP contribution in [0.25, 0.3) is 6.08 Å². The SMILES string of the molecule is O=C(C=Cc1cccc(Cl)c1)N(C1CCCCC1)C1CCCCC1. The summed E-state index contributed by atoms with van der Waals surface area (Å²) >= 11 is 6.04. The minimum Gasteiger partial charge on any atom is -0.333 e. The van der Waals surface area contributed by atoms with E-state index in [2.05, 4.69) is 4.90 Å². The molecule has 0 unspecified atom stereocenters. The van der Waals surface area contributed by atoms with Gasteiger partial charge >= 0.3 is 0 Å². The Bertz CT molecular complexity index is 553. The van der Waals surface area contributed by atoms with Crippen LogP contribution in [-0.4, -0.2) is 22.9 Å². The molecule has 2 fully saturated rings. The lowest BCUT2D eigenvalue weighted by Crippen LogP contribution is -2.48. The van der Waals surface area contributed by atoms with Crippen LogP contribution >= 0.6 is 11.6 Å². The fourth-order valence-electron chi connectivity index (χ4n) is 4.24. The lowest BCUT2D eigenvalue weighted by molar-refractivity contribution is -0.132. The summed E-state index contributed by atoms with van der Waals surface area (Å²) in [6, 6.07) is 8.55. The molecule has 0 spiro atoms. The number of carbonyl (C=O) groups is 1. The van der Waals surface area contributed by atoms with E-state index in [9.17, 15) is 4.79 Å². The van der Waals surface area contributed by atoms with Gasteiger partial charge < -0.3 is 4.90 Å². The maximum absolute atomic E-state index is 13.0. The fourth-order valence-corrected chi connectivity index (χ4v) is 4.44. The van der Waals surface area contributed by atoms with E-state index in [4.69, 9.17) is 11.6 Å². The van der Waals surface area contributed by atoms with Gasteiger partial charge in [-0.2, -0.15) is 0 Å². The Balaban J connectivity index is 1.74. The molecule has 2 saturated carbocycles. The second kappa shape index (κ2) is 8.71. The molecular formula is C21H28ClNO. The van der Waals surface area contributed by atoms with Crippen LogP contribution in [0.1, 0.15) is 69.8 Å². The van der Waals surface area contributed by atoms with Gasteiger partial charge in [-0.1, -0.05) is 62.3 Å². The van der Waals surface area contributed by atoms with Crippen LogP contribution in [0, 0.1) is 0 Å². The van der Waals surface area contributed by atoms with Crippen molar-refractivity contribution in [3.05, 3.63) is 40.9 Å². The van der Waals surface area contributed by atoms with Gasteiger partial charge in [0.15, 0.2) is 0 Å². The predicted octanol–water partition coefficient (Wildman–Crippen LogP) is 5.85. The number of hydrogen-bond donors (Lipinski definition) is 0. The van der Waals surface area contributed by atoms with Crippen molar-refractivity contribution in [2.45, 2.75) is 76.3 Å². The Morgan fingerprint density at radius 3 is 2.08 bits per heavy atom. The van der Waals surface area contributed by atoms with Gasteiger partial charge in [-0.25, -0.2) is 0 Å². The summed E-state index contributed by atoms with van der Waals surface area (Å²) in [5, 5.41) is 0.709. The van der Waals surface area contributed by atoms with E-state index in [1.165, 1.54) is 64.2 Å². The first kappa shape index (κ1) is 17.5. The topological polar surface area (TPSA) is 20.3 Å². The molecule has 24 heavy (non-hydrogen) atoms. The van der Waals surface area contributed by atoms with Gasteiger partial charge in [-0.15, -0.1) is 0 Å². The molecule has 1 amide bonds. The van der Waals surface area contributed by atoms with Crippen molar-refractivity contribution in [1.29, 1.82) is 0 Å². The van der Waals surface area contributed by atoms with Gasteiger partial charge in [0.1, 0.15) is 0 Å². The van der Waals surface area contributed by atoms with Crippen molar-refractivity contribution in [3.63, 3.8) is 0 Å². The van der Waals surface area contributed by atoms with Crippen LogP contribution in [0.4, 0.5) is 0 Å². The van der Waals surface area contributed by atoms with E-state index >= 15 is 0 Å². The highest BCUT2D eigenvalue weighted by atomic mass is 35.5. The summed E-state index contributed by atoms with van der Waals surface area (Å²) in [7, 11) is 0. The van der Waals surface area contributed by atoms with Crippen LogP contribution in [0.2, 0.25) is 5.02 Å². The molecule has 1 aromatic carbocycles. The summed E-state index contributed by atoms with van der Waals surface area (Å²) < 4.78 is 0. The zero-order chi connectivity index (χ0) is 16.8. The molecular weight excluding hydrogens is 318 g/mol. The molecule has 130 valence electrons. The molecule has 0 aromatic heterocycles. The number of benzene rings is 1. The molecule has 3 heteroatoms. The zero-order valence-corrected chi connectivity index (χ0v) is 15.2.